The summed E-state index contributed by atoms with van der Waals surface area (Å²) in [5.74, 6) is -0.146. The van der Waals surface area contributed by atoms with Crippen molar-refractivity contribution in [2.75, 3.05) is 6.61 Å². The third-order valence-electron chi connectivity index (χ3n) is 15.2. The number of hydrogen-bond donors (Lipinski definition) is 0. The van der Waals surface area contributed by atoms with E-state index in [1.54, 1.807) is 0 Å². The van der Waals surface area contributed by atoms with E-state index in [1.807, 2.05) is 13.8 Å². The van der Waals surface area contributed by atoms with Crippen molar-refractivity contribution in [1.29, 1.82) is 0 Å². The fourth-order valence-electron chi connectivity index (χ4n) is 12.2. The average molecular weight is 781 g/mol. The molecular weight excluding hydrogens is 725 g/mol. The number of esters is 1. The van der Waals surface area contributed by atoms with Crippen molar-refractivity contribution >= 4 is 29.2 Å². The molecule has 2 saturated carbocycles. The molecule has 0 amide bonds. The van der Waals surface area contributed by atoms with Gasteiger partial charge in [-0.15, -0.1) is 0 Å². The Morgan fingerprint density at radius 3 is 1.68 bits per heavy atom. The first-order chi connectivity index (χ1) is 25.2. The van der Waals surface area contributed by atoms with E-state index in [9.17, 15) is 4.79 Å². The first kappa shape index (κ1) is 37.5. The molecule has 53 heavy (non-hydrogen) atoms. The number of ether oxygens (including phenoxy) is 5. The minimum atomic E-state index is -0.859. The molecule has 9 heterocycles. The van der Waals surface area contributed by atoms with Gasteiger partial charge in [-0.05, 0) is 119 Å². The molecule has 13 heteroatoms. The molecule has 11 rings (SSSR count). The summed E-state index contributed by atoms with van der Waals surface area (Å²) in [7, 11) is 0. The lowest BCUT2D eigenvalue weighted by Crippen LogP contribution is -2.70. The Hall–Kier alpha value is -1.12. The zero-order chi connectivity index (χ0) is 37.1. The van der Waals surface area contributed by atoms with Crippen LogP contribution in [-0.4, -0.2) is 65.1 Å². The second-order valence-electron chi connectivity index (χ2n) is 18.3. The molecule has 8 aliphatic heterocycles. The Balaban J connectivity index is 1.00. The van der Waals surface area contributed by atoms with Gasteiger partial charge in [-0.1, -0.05) is 50.9 Å². The summed E-state index contributed by atoms with van der Waals surface area (Å²) in [6.07, 6.45) is 7.57. The van der Waals surface area contributed by atoms with Gasteiger partial charge in [0.1, 0.15) is 10.3 Å². The van der Waals surface area contributed by atoms with Crippen LogP contribution in [-0.2, 0) is 43.2 Å². The van der Waals surface area contributed by atoms with Gasteiger partial charge in [-0.2, -0.15) is 0 Å². The summed E-state index contributed by atoms with van der Waals surface area (Å²) >= 11 is 12.3. The molecule has 4 bridgehead atoms. The van der Waals surface area contributed by atoms with Crippen molar-refractivity contribution in [3.8, 4) is 0 Å². The molecule has 8 saturated heterocycles. The number of halogens is 2. The zero-order valence-corrected chi connectivity index (χ0v) is 33.2. The third-order valence-corrected chi connectivity index (χ3v) is 15.6. The highest BCUT2D eigenvalue weighted by Gasteiger charge is 2.71. The maximum atomic E-state index is 13.5. The van der Waals surface area contributed by atoms with Gasteiger partial charge in [-0.25, -0.2) is 29.3 Å². The highest BCUT2D eigenvalue weighted by molar-refractivity contribution is 6.32. The van der Waals surface area contributed by atoms with Crippen LogP contribution in [0.4, 0.5) is 0 Å². The maximum absolute atomic E-state index is 13.5. The molecule has 16 atom stereocenters. The molecule has 10 aliphatic rings. The molecule has 294 valence electrons. The summed E-state index contributed by atoms with van der Waals surface area (Å²) in [6, 6.07) is 2.96. The van der Waals surface area contributed by atoms with Gasteiger partial charge in [0.05, 0.1) is 24.4 Å². The predicted molar refractivity (Wildman–Crippen MR) is 191 cm³/mol. The smallest absolute Gasteiger partial charge is 0.338 e. The molecule has 1 aromatic rings. The van der Waals surface area contributed by atoms with E-state index >= 15 is 0 Å². The Labute approximate surface area is 322 Å². The van der Waals surface area contributed by atoms with E-state index in [-0.39, 0.29) is 76.1 Å². The van der Waals surface area contributed by atoms with Gasteiger partial charge in [-0.3, -0.25) is 0 Å². The van der Waals surface area contributed by atoms with Gasteiger partial charge in [0.2, 0.25) is 11.6 Å². The number of pyridine rings is 1. The van der Waals surface area contributed by atoms with Gasteiger partial charge < -0.3 is 23.7 Å². The lowest BCUT2D eigenvalue weighted by Gasteiger charge is -2.61. The van der Waals surface area contributed by atoms with Crippen molar-refractivity contribution in [3.05, 3.63) is 28.0 Å². The minimum Gasteiger partial charge on any atom is -0.462 e. The molecule has 10 fully saturated rings. The molecule has 0 N–H and O–H groups in total. The van der Waals surface area contributed by atoms with Crippen molar-refractivity contribution in [2.45, 2.75) is 153 Å². The molecule has 0 radical (unpaired) electrons. The average Bonchev–Trinajstić information content (AvgIpc) is 3.49. The number of fused-ring (bicyclic) bond motifs is 4. The van der Waals surface area contributed by atoms with E-state index in [1.165, 1.54) is 12.1 Å². The Kier molecular flexibility index (Phi) is 9.53. The van der Waals surface area contributed by atoms with Crippen molar-refractivity contribution in [3.63, 3.8) is 0 Å². The van der Waals surface area contributed by atoms with E-state index < -0.39 is 41.3 Å². The molecule has 2 unspecified atom stereocenters. The second kappa shape index (κ2) is 13.5. The van der Waals surface area contributed by atoms with Crippen LogP contribution in [0.3, 0.4) is 0 Å². The van der Waals surface area contributed by atoms with Crippen molar-refractivity contribution < 1.29 is 48.0 Å². The standard InChI is InChI=1S/C40H55Cl2NO10/c1-20-7-9-28-22(3)30(46-35-39(28)26(20)11-13-37(5,48-35)50-52-39)15-24(19-45-34(44)25-17-32(41)43-33(42)18-25)16-31-23(4)29-10-8-21(2)27-12-14-38(6)49-36(47-31)40(27,29)53-51-38/h17-18,20-24,26-31,35-36H,7-16,19H2,1-6H3/t20-,21-,22-,23-,24?,26+,27+,28+,29+,30-,31-,35-,36-,37?,38?,39-,40-/m1/s1. The van der Waals surface area contributed by atoms with Gasteiger partial charge >= 0.3 is 5.97 Å². The lowest BCUT2D eigenvalue weighted by molar-refractivity contribution is -0.571. The van der Waals surface area contributed by atoms with Crippen LogP contribution >= 0.6 is 23.2 Å². The monoisotopic (exact) mass is 779 g/mol. The first-order valence-electron chi connectivity index (χ1n) is 20.1. The summed E-state index contributed by atoms with van der Waals surface area (Å²) in [6.45, 7) is 13.3. The van der Waals surface area contributed by atoms with Crippen LogP contribution in [0.1, 0.15) is 116 Å². The summed E-state index contributed by atoms with van der Waals surface area (Å²) in [5, 5.41) is 0.265. The Bertz CT molecular complexity index is 1490. The Morgan fingerprint density at radius 1 is 0.736 bits per heavy atom. The lowest BCUT2D eigenvalue weighted by atomic mass is 9.56. The van der Waals surface area contributed by atoms with E-state index in [0.29, 0.717) is 24.7 Å². The second-order valence-corrected chi connectivity index (χ2v) is 19.1. The highest BCUT2D eigenvalue weighted by atomic mass is 35.5. The van der Waals surface area contributed by atoms with Crippen molar-refractivity contribution in [2.24, 2.45) is 53.3 Å². The molecule has 2 aliphatic carbocycles. The number of carbonyl (C=O) groups excluding carboxylic acids is 1. The fraction of sp³-hybridized carbons (Fsp3) is 0.850. The predicted octanol–water partition coefficient (Wildman–Crippen LogP) is 8.44. The number of aromatic nitrogens is 1. The van der Waals surface area contributed by atoms with E-state index in [2.05, 4.69) is 32.7 Å². The maximum Gasteiger partial charge on any atom is 0.338 e. The fourth-order valence-corrected chi connectivity index (χ4v) is 12.7. The van der Waals surface area contributed by atoms with Crippen LogP contribution in [0.15, 0.2) is 12.1 Å². The quantitative estimate of drug-likeness (QED) is 0.151. The largest absolute Gasteiger partial charge is 0.462 e. The third kappa shape index (κ3) is 6.04. The Morgan fingerprint density at radius 2 is 1.21 bits per heavy atom. The van der Waals surface area contributed by atoms with E-state index in [0.717, 1.165) is 51.4 Å². The van der Waals surface area contributed by atoms with Gasteiger partial charge in [0.25, 0.3) is 0 Å². The summed E-state index contributed by atoms with van der Waals surface area (Å²) in [4.78, 5) is 42.5. The van der Waals surface area contributed by atoms with Crippen molar-refractivity contribution in [1.82, 2.24) is 4.98 Å². The molecule has 11 nitrogen and oxygen atoms in total. The van der Waals surface area contributed by atoms with Crippen LogP contribution in [0, 0.1) is 53.3 Å². The SMILES string of the molecule is C[C@H]1[C@@H](CC(COC(=O)c2cc(Cl)nc(Cl)c2)C[C@H]2O[C@@H]3OC4(C)CC[C@H]5[C@H](C)CC[C@@H]([C@H]2C)[C@@]35OO4)O[C@@H]2OC3(C)CC[C@H]4[C@H](C)CC[C@@H]1[C@@]24OO3. The molecular formula is C40H55Cl2NO10. The van der Waals surface area contributed by atoms with Gasteiger partial charge in [0, 0.05) is 24.7 Å². The van der Waals surface area contributed by atoms with Crippen LogP contribution in [0.2, 0.25) is 10.3 Å². The zero-order valence-electron chi connectivity index (χ0n) is 31.7. The normalized spacial score (nSPS) is 50.3. The van der Waals surface area contributed by atoms with Gasteiger partial charge in [0.15, 0.2) is 23.8 Å². The molecule has 0 aromatic carbocycles. The number of rotatable bonds is 7. The number of hydrogen-bond acceptors (Lipinski definition) is 11. The minimum absolute atomic E-state index is 0.113. The topological polar surface area (TPSA) is 113 Å². The number of carbonyl (C=O) groups is 1. The van der Waals surface area contributed by atoms with Crippen LogP contribution in [0.25, 0.3) is 0 Å². The summed E-state index contributed by atoms with van der Waals surface area (Å²) < 4.78 is 33.6. The molecule has 1 aromatic heterocycles. The first-order valence-corrected chi connectivity index (χ1v) is 20.9. The van der Waals surface area contributed by atoms with Crippen LogP contribution in [0.5, 0.6) is 0 Å². The number of nitrogens with zero attached hydrogens (tertiary/aromatic N) is 1. The highest BCUT2D eigenvalue weighted by Crippen LogP contribution is 2.63. The van der Waals surface area contributed by atoms with E-state index in [4.69, 9.17) is 66.4 Å². The summed E-state index contributed by atoms with van der Waals surface area (Å²) in [5.41, 5.74) is -1.04. The molecule has 2 spiro atoms. The van der Waals surface area contributed by atoms with Crippen LogP contribution < -0.4 is 0 Å².